The van der Waals surface area contributed by atoms with Gasteiger partial charge in [0.25, 0.3) is 0 Å². The minimum absolute atomic E-state index is 0.0297. The van der Waals surface area contributed by atoms with Crippen molar-refractivity contribution in [2.45, 2.75) is 33.6 Å². The average Bonchev–Trinajstić information content (AvgIpc) is 2.87. The number of aromatic nitrogens is 1. The van der Waals surface area contributed by atoms with E-state index in [1.807, 2.05) is 13.8 Å². The van der Waals surface area contributed by atoms with Crippen molar-refractivity contribution in [1.82, 2.24) is 5.16 Å². The van der Waals surface area contributed by atoms with Crippen molar-refractivity contribution in [3.05, 3.63) is 45.3 Å². The third-order valence-corrected chi connectivity index (χ3v) is 3.42. The van der Waals surface area contributed by atoms with Gasteiger partial charge in [0.2, 0.25) is 5.91 Å². The molecule has 0 aliphatic rings. The van der Waals surface area contributed by atoms with E-state index in [-0.39, 0.29) is 30.4 Å². The van der Waals surface area contributed by atoms with Crippen molar-refractivity contribution in [3.63, 3.8) is 0 Å². The first kappa shape index (κ1) is 17.5. The van der Waals surface area contributed by atoms with Crippen LogP contribution in [0.1, 0.15) is 30.4 Å². The van der Waals surface area contributed by atoms with Gasteiger partial charge in [0.1, 0.15) is 11.4 Å². The lowest BCUT2D eigenvalue weighted by Gasteiger charge is -2.08. The Hall–Kier alpha value is -2.90. The number of hydrogen-bond donors (Lipinski definition) is 1. The number of nitro benzene ring substituents is 1. The lowest BCUT2D eigenvalue weighted by molar-refractivity contribution is -0.385. The van der Waals surface area contributed by atoms with Crippen LogP contribution in [-0.4, -0.2) is 22.6 Å². The molecule has 24 heavy (non-hydrogen) atoms. The van der Waals surface area contributed by atoms with Gasteiger partial charge in [-0.3, -0.25) is 14.9 Å². The number of nitro groups is 1. The first-order chi connectivity index (χ1) is 11.4. The van der Waals surface area contributed by atoms with E-state index in [1.54, 1.807) is 19.1 Å². The lowest BCUT2D eigenvalue weighted by Crippen LogP contribution is -2.16. The SMILES string of the molecule is CCc1onc(C)c1NC(=O)CCOc1cc(C)ccc1[N+](=O)[O-]. The monoisotopic (exact) mass is 333 g/mol. The van der Waals surface area contributed by atoms with Gasteiger partial charge in [-0.2, -0.15) is 0 Å². The van der Waals surface area contributed by atoms with E-state index in [0.717, 1.165) is 5.56 Å². The summed E-state index contributed by atoms with van der Waals surface area (Å²) in [6, 6.07) is 4.60. The number of amides is 1. The molecule has 0 atom stereocenters. The van der Waals surface area contributed by atoms with Gasteiger partial charge in [-0.05, 0) is 25.5 Å². The van der Waals surface area contributed by atoms with Gasteiger partial charge in [0.15, 0.2) is 11.5 Å². The van der Waals surface area contributed by atoms with Gasteiger partial charge in [-0.1, -0.05) is 18.1 Å². The standard InChI is InChI=1S/C16H19N3O5/c1-4-13-16(11(3)18-24-13)17-15(20)7-8-23-14-9-10(2)5-6-12(14)19(21)22/h5-6,9H,4,7-8H2,1-3H3,(H,17,20). The molecule has 0 radical (unpaired) electrons. The number of hydrogen-bond acceptors (Lipinski definition) is 6. The second-order valence-corrected chi connectivity index (χ2v) is 5.29. The van der Waals surface area contributed by atoms with E-state index >= 15 is 0 Å². The molecule has 0 fully saturated rings. The number of carbonyl (C=O) groups is 1. The van der Waals surface area contributed by atoms with Gasteiger partial charge in [-0.25, -0.2) is 0 Å². The van der Waals surface area contributed by atoms with Crippen LogP contribution in [-0.2, 0) is 11.2 Å². The molecule has 1 heterocycles. The van der Waals surface area contributed by atoms with Gasteiger partial charge in [0, 0.05) is 12.5 Å². The van der Waals surface area contributed by atoms with Gasteiger partial charge in [0.05, 0.1) is 18.0 Å². The van der Waals surface area contributed by atoms with E-state index in [2.05, 4.69) is 10.5 Å². The molecule has 1 amide bonds. The fourth-order valence-corrected chi connectivity index (χ4v) is 2.16. The number of nitrogens with one attached hydrogen (secondary N) is 1. The zero-order valence-corrected chi connectivity index (χ0v) is 13.8. The Morgan fingerprint density at radius 3 is 2.83 bits per heavy atom. The fourth-order valence-electron chi connectivity index (χ4n) is 2.16. The van der Waals surface area contributed by atoms with E-state index in [1.165, 1.54) is 6.07 Å². The van der Waals surface area contributed by atoms with Gasteiger partial charge >= 0.3 is 5.69 Å². The Labute approximate surface area is 138 Å². The molecular formula is C16H19N3O5. The summed E-state index contributed by atoms with van der Waals surface area (Å²) in [5.74, 6) is 0.491. The third kappa shape index (κ3) is 4.09. The predicted octanol–water partition coefficient (Wildman–Crippen LogP) is 3.17. The van der Waals surface area contributed by atoms with Crippen LogP contribution in [0.5, 0.6) is 5.75 Å². The molecule has 2 aromatic rings. The molecule has 0 saturated carbocycles. The fraction of sp³-hybridized carbons (Fsp3) is 0.375. The van der Waals surface area contributed by atoms with Crippen LogP contribution in [0.3, 0.4) is 0 Å². The van der Waals surface area contributed by atoms with Crippen molar-refractivity contribution in [1.29, 1.82) is 0 Å². The smallest absolute Gasteiger partial charge is 0.310 e. The molecule has 0 aliphatic heterocycles. The maximum Gasteiger partial charge on any atom is 0.310 e. The van der Waals surface area contributed by atoms with Crippen molar-refractivity contribution in [2.75, 3.05) is 11.9 Å². The highest BCUT2D eigenvalue weighted by Crippen LogP contribution is 2.28. The Morgan fingerprint density at radius 2 is 2.17 bits per heavy atom. The molecule has 8 nitrogen and oxygen atoms in total. The number of benzene rings is 1. The van der Waals surface area contributed by atoms with E-state index in [9.17, 15) is 14.9 Å². The van der Waals surface area contributed by atoms with E-state index < -0.39 is 4.92 Å². The zero-order chi connectivity index (χ0) is 17.7. The summed E-state index contributed by atoms with van der Waals surface area (Å²) in [5, 5.41) is 17.5. The minimum Gasteiger partial charge on any atom is -0.486 e. The number of aryl methyl sites for hydroxylation is 3. The summed E-state index contributed by atoms with van der Waals surface area (Å²) in [5.41, 5.74) is 1.90. The van der Waals surface area contributed by atoms with Crippen LogP contribution in [0.15, 0.2) is 22.7 Å². The number of ether oxygens (including phenoxy) is 1. The first-order valence-electron chi connectivity index (χ1n) is 7.55. The summed E-state index contributed by atoms with van der Waals surface area (Å²) in [7, 11) is 0. The molecular weight excluding hydrogens is 314 g/mol. The van der Waals surface area contributed by atoms with Crippen molar-refractivity contribution in [2.24, 2.45) is 0 Å². The maximum atomic E-state index is 12.0. The van der Waals surface area contributed by atoms with Crippen LogP contribution in [0.25, 0.3) is 0 Å². The topological polar surface area (TPSA) is 108 Å². The Morgan fingerprint density at radius 1 is 1.42 bits per heavy atom. The Kier molecular flexibility index (Phi) is 5.51. The molecule has 128 valence electrons. The van der Waals surface area contributed by atoms with Gasteiger partial charge < -0.3 is 14.6 Å². The van der Waals surface area contributed by atoms with Crippen molar-refractivity contribution in [3.8, 4) is 5.75 Å². The predicted molar refractivity (Wildman–Crippen MR) is 87.2 cm³/mol. The molecule has 1 aromatic heterocycles. The highest BCUT2D eigenvalue weighted by Gasteiger charge is 2.17. The summed E-state index contributed by atoms with van der Waals surface area (Å²) in [6.07, 6.45) is 0.668. The maximum absolute atomic E-state index is 12.0. The zero-order valence-electron chi connectivity index (χ0n) is 13.8. The first-order valence-corrected chi connectivity index (χ1v) is 7.55. The number of carbonyl (C=O) groups excluding carboxylic acids is 1. The average molecular weight is 333 g/mol. The molecule has 0 aliphatic carbocycles. The van der Waals surface area contributed by atoms with Crippen LogP contribution in [0.4, 0.5) is 11.4 Å². The van der Waals surface area contributed by atoms with E-state index in [0.29, 0.717) is 23.6 Å². The van der Waals surface area contributed by atoms with E-state index in [4.69, 9.17) is 9.26 Å². The third-order valence-electron chi connectivity index (χ3n) is 3.42. The lowest BCUT2D eigenvalue weighted by atomic mass is 10.2. The summed E-state index contributed by atoms with van der Waals surface area (Å²) in [4.78, 5) is 22.5. The quantitative estimate of drug-likeness (QED) is 0.616. The van der Waals surface area contributed by atoms with Crippen LogP contribution in [0, 0.1) is 24.0 Å². The summed E-state index contributed by atoms with van der Waals surface area (Å²) in [6.45, 7) is 5.48. The molecule has 2 rings (SSSR count). The molecule has 8 heteroatoms. The second-order valence-electron chi connectivity index (χ2n) is 5.29. The molecule has 1 N–H and O–H groups in total. The van der Waals surface area contributed by atoms with Crippen molar-refractivity contribution >= 4 is 17.3 Å². The highest BCUT2D eigenvalue weighted by molar-refractivity contribution is 5.91. The van der Waals surface area contributed by atoms with Crippen molar-refractivity contribution < 1.29 is 19.0 Å². The summed E-state index contributed by atoms with van der Waals surface area (Å²) < 4.78 is 10.5. The molecule has 1 aromatic carbocycles. The summed E-state index contributed by atoms with van der Waals surface area (Å²) >= 11 is 0. The molecule has 0 unspecified atom stereocenters. The number of rotatable bonds is 7. The molecule has 0 saturated heterocycles. The van der Waals surface area contributed by atoms with Crippen LogP contribution in [0.2, 0.25) is 0 Å². The molecule has 0 bridgehead atoms. The Balaban J connectivity index is 1.95. The Bertz CT molecular complexity index is 754. The largest absolute Gasteiger partial charge is 0.486 e. The normalized spacial score (nSPS) is 10.5. The number of anilines is 1. The molecule has 0 spiro atoms. The second kappa shape index (κ2) is 7.58. The van der Waals surface area contributed by atoms with Gasteiger partial charge in [-0.15, -0.1) is 0 Å². The van der Waals surface area contributed by atoms with Crippen LogP contribution >= 0.6 is 0 Å². The number of nitrogens with zero attached hydrogens (tertiary/aromatic N) is 2. The highest BCUT2D eigenvalue weighted by atomic mass is 16.6. The minimum atomic E-state index is -0.511. The van der Waals surface area contributed by atoms with Crippen LogP contribution < -0.4 is 10.1 Å².